The molecule has 0 bridgehead atoms. The van der Waals surface area contributed by atoms with E-state index in [1.54, 1.807) is 16.9 Å². The zero-order chi connectivity index (χ0) is 16.5. The molecule has 1 saturated carbocycles. The Morgan fingerprint density at radius 1 is 1.29 bits per heavy atom. The Labute approximate surface area is 140 Å². The number of carbonyl (C=O) groups is 1. The van der Waals surface area contributed by atoms with Gasteiger partial charge < -0.3 is 5.32 Å². The van der Waals surface area contributed by atoms with E-state index in [0.717, 1.165) is 11.4 Å². The van der Waals surface area contributed by atoms with Gasteiger partial charge in [-0.25, -0.2) is 4.68 Å². The van der Waals surface area contributed by atoms with Gasteiger partial charge in [0.2, 0.25) is 0 Å². The second-order valence-electron chi connectivity index (χ2n) is 6.14. The van der Waals surface area contributed by atoms with E-state index in [1.165, 1.54) is 18.5 Å². The van der Waals surface area contributed by atoms with Gasteiger partial charge in [0.05, 0.1) is 17.9 Å². The Morgan fingerprint density at radius 3 is 2.92 bits per heavy atom. The average Bonchev–Trinajstić information content (AvgIpc) is 3.15. The number of aromatic nitrogens is 4. The number of aryl methyl sites for hydroxylation is 1. The first-order valence-corrected chi connectivity index (χ1v) is 8.12. The summed E-state index contributed by atoms with van der Waals surface area (Å²) in [5, 5.41) is 11.6. The maximum atomic E-state index is 12.4. The van der Waals surface area contributed by atoms with Gasteiger partial charge in [0.25, 0.3) is 5.91 Å². The lowest BCUT2D eigenvalue weighted by atomic mass is 10.2. The molecule has 1 aliphatic carbocycles. The average molecular weight is 321 g/mol. The molecule has 0 radical (unpaired) electrons. The quantitative estimate of drug-likeness (QED) is 0.785. The van der Waals surface area contributed by atoms with Crippen molar-refractivity contribution in [3.63, 3.8) is 0 Å². The predicted molar refractivity (Wildman–Crippen MR) is 89.9 cm³/mol. The summed E-state index contributed by atoms with van der Waals surface area (Å²) < 4.78 is 3.66. The molecular formula is C18H19N5O. The van der Waals surface area contributed by atoms with Crippen molar-refractivity contribution in [3.8, 4) is 5.69 Å². The fourth-order valence-electron chi connectivity index (χ4n) is 2.88. The van der Waals surface area contributed by atoms with E-state index in [0.29, 0.717) is 18.0 Å². The van der Waals surface area contributed by atoms with Gasteiger partial charge in [-0.05, 0) is 43.2 Å². The van der Waals surface area contributed by atoms with Crippen molar-refractivity contribution in [1.29, 1.82) is 0 Å². The number of hydrogen-bond donors (Lipinski definition) is 1. The van der Waals surface area contributed by atoms with Crippen molar-refractivity contribution < 1.29 is 4.79 Å². The Morgan fingerprint density at radius 2 is 2.17 bits per heavy atom. The third-order valence-corrected chi connectivity index (χ3v) is 4.27. The lowest BCUT2D eigenvalue weighted by Crippen LogP contribution is -2.23. The van der Waals surface area contributed by atoms with Crippen LogP contribution in [0.2, 0.25) is 0 Å². The summed E-state index contributed by atoms with van der Waals surface area (Å²) in [7, 11) is 1.96. The highest BCUT2D eigenvalue weighted by Crippen LogP contribution is 2.39. The van der Waals surface area contributed by atoms with Crippen molar-refractivity contribution >= 4 is 5.91 Å². The van der Waals surface area contributed by atoms with E-state index in [9.17, 15) is 4.79 Å². The summed E-state index contributed by atoms with van der Waals surface area (Å²) in [6.45, 7) is 0.436. The molecular weight excluding hydrogens is 302 g/mol. The van der Waals surface area contributed by atoms with Gasteiger partial charge in [-0.1, -0.05) is 6.07 Å². The van der Waals surface area contributed by atoms with Gasteiger partial charge in [0.15, 0.2) is 0 Å². The number of nitrogens with one attached hydrogen (secondary N) is 1. The van der Waals surface area contributed by atoms with Crippen LogP contribution in [-0.2, 0) is 13.6 Å². The molecule has 4 rings (SSSR count). The van der Waals surface area contributed by atoms with Crippen LogP contribution in [0, 0.1) is 0 Å². The minimum absolute atomic E-state index is 0.109. The lowest BCUT2D eigenvalue weighted by molar-refractivity contribution is 0.0950. The van der Waals surface area contributed by atoms with Gasteiger partial charge in [-0.15, -0.1) is 0 Å². The third kappa shape index (κ3) is 2.95. The van der Waals surface area contributed by atoms with E-state index in [4.69, 9.17) is 0 Å². The number of amides is 1. The van der Waals surface area contributed by atoms with Crippen molar-refractivity contribution in [1.82, 2.24) is 24.9 Å². The summed E-state index contributed by atoms with van der Waals surface area (Å²) in [5.41, 5.74) is 3.64. The zero-order valence-electron chi connectivity index (χ0n) is 13.5. The van der Waals surface area contributed by atoms with Crippen LogP contribution in [-0.4, -0.2) is 25.5 Å². The van der Waals surface area contributed by atoms with Crippen molar-refractivity contribution in [2.75, 3.05) is 0 Å². The molecule has 2 aromatic heterocycles. The standard InChI is InChI=1S/C18H19N5O/c1-22-17(13-6-7-13)11-15(21-22)12-19-18(24)14-4-2-5-16(10-14)23-9-3-8-20-23/h2-5,8-11,13H,6-7,12H2,1H3,(H,19,24). The molecule has 1 amide bonds. The molecule has 1 N–H and O–H groups in total. The highest BCUT2D eigenvalue weighted by Gasteiger charge is 2.27. The molecule has 6 nitrogen and oxygen atoms in total. The summed E-state index contributed by atoms with van der Waals surface area (Å²) in [5.74, 6) is 0.542. The van der Waals surface area contributed by atoms with Crippen LogP contribution in [0.5, 0.6) is 0 Å². The number of rotatable bonds is 5. The summed E-state index contributed by atoms with van der Waals surface area (Å²) >= 11 is 0. The van der Waals surface area contributed by atoms with E-state index in [-0.39, 0.29) is 5.91 Å². The van der Waals surface area contributed by atoms with Gasteiger partial charge in [0, 0.05) is 36.6 Å². The Hall–Kier alpha value is -2.89. The van der Waals surface area contributed by atoms with Crippen LogP contribution in [0.4, 0.5) is 0 Å². The predicted octanol–water partition coefficient (Wildman–Crippen LogP) is 2.41. The molecule has 3 aromatic rings. The molecule has 0 unspecified atom stereocenters. The molecule has 0 aliphatic heterocycles. The van der Waals surface area contributed by atoms with Gasteiger partial charge in [-0.3, -0.25) is 9.48 Å². The smallest absolute Gasteiger partial charge is 0.251 e. The lowest BCUT2D eigenvalue weighted by Gasteiger charge is -2.06. The second-order valence-corrected chi connectivity index (χ2v) is 6.14. The molecule has 24 heavy (non-hydrogen) atoms. The van der Waals surface area contributed by atoms with Crippen molar-refractivity contribution in [2.24, 2.45) is 7.05 Å². The van der Waals surface area contributed by atoms with Crippen LogP contribution in [0.25, 0.3) is 5.69 Å². The molecule has 1 aliphatic rings. The van der Waals surface area contributed by atoms with Gasteiger partial charge in [0.1, 0.15) is 0 Å². The summed E-state index contributed by atoms with van der Waals surface area (Å²) in [4.78, 5) is 12.4. The first kappa shape index (κ1) is 14.7. The molecule has 1 fully saturated rings. The van der Waals surface area contributed by atoms with Gasteiger partial charge >= 0.3 is 0 Å². The Bertz CT molecular complexity index is 861. The van der Waals surface area contributed by atoms with Crippen LogP contribution in [0.3, 0.4) is 0 Å². The molecule has 2 heterocycles. The number of hydrogen-bond acceptors (Lipinski definition) is 3. The monoisotopic (exact) mass is 321 g/mol. The maximum Gasteiger partial charge on any atom is 0.251 e. The van der Waals surface area contributed by atoms with Crippen molar-refractivity contribution in [2.45, 2.75) is 25.3 Å². The van der Waals surface area contributed by atoms with Crippen molar-refractivity contribution in [3.05, 3.63) is 65.7 Å². The molecule has 0 spiro atoms. The number of benzene rings is 1. The van der Waals surface area contributed by atoms with Crippen LogP contribution in [0.15, 0.2) is 48.8 Å². The van der Waals surface area contributed by atoms with Crippen LogP contribution in [0.1, 0.15) is 40.5 Å². The Balaban J connectivity index is 1.44. The largest absolute Gasteiger partial charge is 0.346 e. The second kappa shape index (κ2) is 5.96. The maximum absolute atomic E-state index is 12.4. The highest BCUT2D eigenvalue weighted by atomic mass is 16.1. The van der Waals surface area contributed by atoms with E-state index in [2.05, 4.69) is 21.6 Å². The summed E-state index contributed by atoms with van der Waals surface area (Å²) in [6, 6.07) is 11.4. The summed E-state index contributed by atoms with van der Waals surface area (Å²) in [6.07, 6.45) is 6.05. The number of carbonyl (C=O) groups excluding carboxylic acids is 1. The molecule has 0 atom stereocenters. The molecule has 122 valence electrons. The van der Waals surface area contributed by atoms with Gasteiger partial charge in [-0.2, -0.15) is 10.2 Å². The normalized spacial score (nSPS) is 13.9. The topological polar surface area (TPSA) is 64.7 Å². The zero-order valence-corrected chi connectivity index (χ0v) is 13.5. The third-order valence-electron chi connectivity index (χ3n) is 4.27. The first-order chi connectivity index (χ1) is 11.7. The number of nitrogens with zero attached hydrogens (tertiary/aromatic N) is 4. The van der Waals surface area contributed by atoms with E-state index >= 15 is 0 Å². The minimum Gasteiger partial charge on any atom is -0.346 e. The van der Waals surface area contributed by atoms with Crippen LogP contribution >= 0.6 is 0 Å². The fraction of sp³-hybridized carbons (Fsp3) is 0.278. The van der Waals surface area contributed by atoms with E-state index < -0.39 is 0 Å². The fourth-order valence-corrected chi connectivity index (χ4v) is 2.88. The molecule has 1 aromatic carbocycles. The SMILES string of the molecule is Cn1nc(CNC(=O)c2cccc(-n3cccn3)c2)cc1C1CC1. The first-order valence-electron chi connectivity index (χ1n) is 8.12. The van der Waals surface area contributed by atoms with Crippen LogP contribution < -0.4 is 5.32 Å². The highest BCUT2D eigenvalue weighted by molar-refractivity contribution is 5.94. The molecule has 6 heteroatoms. The minimum atomic E-state index is -0.109. The molecule has 0 saturated heterocycles. The Kier molecular flexibility index (Phi) is 3.65. The van der Waals surface area contributed by atoms with E-state index in [1.807, 2.05) is 42.2 Å².